The number of esters is 2. The fourth-order valence-corrected chi connectivity index (χ4v) is 1.93. The van der Waals surface area contributed by atoms with Gasteiger partial charge in [0, 0.05) is 5.56 Å². The van der Waals surface area contributed by atoms with E-state index < -0.39 is 17.5 Å². The Labute approximate surface area is 129 Å². The maximum atomic E-state index is 11.6. The monoisotopic (exact) mass is 314 g/mol. The molecule has 0 amide bonds. The number of halogens is 1. The van der Waals surface area contributed by atoms with E-state index in [0.717, 1.165) is 0 Å². The lowest BCUT2D eigenvalue weighted by atomic mass is 10.1. The first-order valence-electron chi connectivity index (χ1n) is 6.37. The van der Waals surface area contributed by atoms with E-state index in [4.69, 9.17) is 21.1 Å². The van der Waals surface area contributed by atoms with Gasteiger partial charge in [0.25, 0.3) is 0 Å². The first-order chi connectivity index (χ1) is 9.65. The van der Waals surface area contributed by atoms with Crippen LogP contribution >= 0.6 is 11.6 Å². The zero-order chi connectivity index (χ0) is 16.2. The third kappa shape index (κ3) is 4.93. The van der Waals surface area contributed by atoms with E-state index in [1.807, 2.05) is 0 Å². The Morgan fingerprint density at radius 3 is 2.38 bits per heavy atom. The van der Waals surface area contributed by atoms with Gasteiger partial charge in [-0.1, -0.05) is 11.6 Å². The molecule has 0 bridgehead atoms. The van der Waals surface area contributed by atoms with Gasteiger partial charge >= 0.3 is 11.9 Å². The first kappa shape index (κ1) is 17.3. The van der Waals surface area contributed by atoms with Gasteiger partial charge in [-0.25, -0.2) is 9.59 Å². The number of hydrogen-bond donors (Lipinski definition) is 0. The molecule has 0 aliphatic rings. The Kier molecular flexibility index (Phi) is 5.61. The fourth-order valence-electron chi connectivity index (χ4n) is 1.67. The second-order valence-corrected chi connectivity index (χ2v) is 5.82. The summed E-state index contributed by atoms with van der Waals surface area (Å²) in [4.78, 5) is 23.3. The fraction of sp³-hybridized carbons (Fsp3) is 0.467. The Hall–Kier alpha value is -1.75. The number of hydrogen-bond acceptors (Lipinski definition) is 5. The molecule has 21 heavy (non-hydrogen) atoms. The summed E-state index contributed by atoms with van der Waals surface area (Å²) < 4.78 is 15.2. The third-order valence-electron chi connectivity index (χ3n) is 2.52. The van der Waals surface area contributed by atoms with E-state index in [1.165, 1.54) is 13.2 Å². The predicted molar refractivity (Wildman–Crippen MR) is 78.9 cm³/mol. The minimum absolute atomic E-state index is 0.269. The summed E-state index contributed by atoms with van der Waals surface area (Å²) in [5.41, 5.74) is 0.256. The number of benzene rings is 1. The summed E-state index contributed by atoms with van der Waals surface area (Å²) in [5, 5.41) is 0.309. The molecule has 0 fully saturated rings. The lowest BCUT2D eigenvalue weighted by Gasteiger charge is -2.20. The molecule has 0 N–H and O–H groups in total. The van der Waals surface area contributed by atoms with E-state index in [0.29, 0.717) is 16.1 Å². The van der Waals surface area contributed by atoms with Crippen molar-refractivity contribution in [2.24, 2.45) is 0 Å². The lowest BCUT2D eigenvalue weighted by molar-refractivity contribution is -0.157. The van der Waals surface area contributed by atoms with E-state index in [9.17, 15) is 9.59 Å². The van der Waals surface area contributed by atoms with Crippen molar-refractivity contribution >= 4 is 23.5 Å². The summed E-state index contributed by atoms with van der Waals surface area (Å²) in [6, 6.07) is 3.06. The van der Waals surface area contributed by atoms with Crippen LogP contribution < -0.4 is 4.74 Å². The van der Waals surface area contributed by atoms with Gasteiger partial charge in [-0.2, -0.15) is 0 Å². The molecule has 0 aliphatic heterocycles. The van der Waals surface area contributed by atoms with Gasteiger partial charge in [-0.05, 0) is 39.8 Å². The Balaban J connectivity index is 2.89. The number of carbonyl (C=O) groups excluding carboxylic acids is 2. The van der Waals surface area contributed by atoms with Crippen LogP contribution in [0, 0.1) is 6.92 Å². The number of rotatable bonds is 4. The summed E-state index contributed by atoms with van der Waals surface area (Å²) in [6.07, 6.45) is 0. The molecule has 0 spiro atoms. The van der Waals surface area contributed by atoms with E-state index in [1.54, 1.807) is 33.8 Å². The molecular formula is C15H19ClO5. The van der Waals surface area contributed by atoms with Crippen molar-refractivity contribution in [2.45, 2.75) is 33.3 Å². The molecule has 1 aromatic carbocycles. The molecule has 0 atom stereocenters. The van der Waals surface area contributed by atoms with Crippen LogP contribution in [0.15, 0.2) is 12.1 Å². The van der Waals surface area contributed by atoms with Gasteiger partial charge in [0.2, 0.25) is 0 Å². The minimum atomic E-state index is -0.590. The van der Waals surface area contributed by atoms with Crippen LogP contribution in [-0.2, 0) is 14.3 Å². The normalized spacial score (nSPS) is 11.0. The summed E-state index contributed by atoms with van der Waals surface area (Å²) in [6.45, 7) is 6.67. The van der Waals surface area contributed by atoms with Crippen LogP contribution in [0.25, 0.3) is 0 Å². The van der Waals surface area contributed by atoms with E-state index >= 15 is 0 Å². The van der Waals surface area contributed by atoms with Crippen LogP contribution in [-0.4, -0.2) is 31.3 Å². The molecule has 0 saturated heterocycles. The smallest absolute Gasteiger partial charge is 0.344 e. The number of carbonyl (C=O) groups is 2. The highest BCUT2D eigenvalue weighted by Crippen LogP contribution is 2.31. The molecule has 116 valence electrons. The Morgan fingerprint density at radius 2 is 1.86 bits per heavy atom. The van der Waals surface area contributed by atoms with Gasteiger partial charge in [-0.15, -0.1) is 0 Å². The van der Waals surface area contributed by atoms with Crippen LogP contribution in [0.5, 0.6) is 5.75 Å². The predicted octanol–water partition coefficient (Wildman–Crippen LogP) is 3.16. The zero-order valence-corrected chi connectivity index (χ0v) is 13.5. The minimum Gasteiger partial charge on any atom is -0.480 e. The van der Waals surface area contributed by atoms with E-state index in [2.05, 4.69) is 4.74 Å². The molecule has 6 heteroatoms. The molecule has 0 heterocycles. The van der Waals surface area contributed by atoms with Crippen LogP contribution in [0.1, 0.15) is 36.7 Å². The highest BCUT2D eigenvalue weighted by molar-refractivity contribution is 6.32. The largest absolute Gasteiger partial charge is 0.480 e. The molecule has 0 saturated carbocycles. The Morgan fingerprint density at radius 1 is 1.24 bits per heavy atom. The highest BCUT2D eigenvalue weighted by Gasteiger charge is 2.19. The average molecular weight is 315 g/mol. The standard InChI is InChI=1S/C15H19ClO5/c1-9-10(14(18)19-5)6-7-11(16)13(9)20-8-12(17)21-15(2,3)4/h6-7H,8H2,1-5H3. The zero-order valence-electron chi connectivity index (χ0n) is 12.8. The quantitative estimate of drug-likeness (QED) is 0.799. The second kappa shape index (κ2) is 6.80. The molecule has 5 nitrogen and oxygen atoms in total. The maximum Gasteiger partial charge on any atom is 0.344 e. The van der Waals surface area contributed by atoms with Gasteiger partial charge in [0.1, 0.15) is 11.4 Å². The van der Waals surface area contributed by atoms with Gasteiger partial charge in [0.05, 0.1) is 17.7 Å². The van der Waals surface area contributed by atoms with Gasteiger partial charge < -0.3 is 14.2 Å². The summed E-state index contributed by atoms with van der Waals surface area (Å²) in [5.74, 6) is -0.738. The summed E-state index contributed by atoms with van der Waals surface area (Å²) in [7, 11) is 1.29. The molecule has 0 unspecified atom stereocenters. The topological polar surface area (TPSA) is 61.8 Å². The molecular weight excluding hydrogens is 296 g/mol. The van der Waals surface area contributed by atoms with E-state index in [-0.39, 0.29) is 12.4 Å². The molecule has 1 aromatic rings. The van der Waals surface area contributed by atoms with Crippen molar-refractivity contribution in [3.05, 3.63) is 28.3 Å². The van der Waals surface area contributed by atoms with Crippen molar-refractivity contribution in [2.75, 3.05) is 13.7 Å². The Bertz CT molecular complexity index is 546. The van der Waals surface area contributed by atoms with Crippen LogP contribution in [0.3, 0.4) is 0 Å². The summed E-state index contributed by atoms with van der Waals surface area (Å²) >= 11 is 6.04. The third-order valence-corrected chi connectivity index (χ3v) is 2.82. The maximum absolute atomic E-state index is 11.6. The second-order valence-electron chi connectivity index (χ2n) is 5.42. The van der Waals surface area contributed by atoms with Gasteiger partial charge in [-0.3, -0.25) is 0 Å². The average Bonchev–Trinajstić information content (AvgIpc) is 2.35. The number of ether oxygens (including phenoxy) is 3. The van der Waals surface area contributed by atoms with Crippen molar-refractivity contribution in [1.82, 2.24) is 0 Å². The van der Waals surface area contributed by atoms with Crippen molar-refractivity contribution in [3.8, 4) is 5.75 Å². The SMILES string of the molecule is COC(=O)c1ccc(Cl)c(OCC(=O)OC(C)(C)C)c1C. The van der Waals surface area contributed by atoms with Crippen molar-refractivity contribution in [3.63, 3.8) is 0 Å². The first-order valence-corrected chi connectivity index (χ1v) is 6.75. The molecule has 0 radical (unpaired) electrons. The highest BCUT2D eigenvalue weighted by atomic mass is 35.5. The van der Waals surface area contributed by atoms with Crippen LogP contribution in [0.4, 0.5) is 0 Å². The van der Waals surface area contributed by atoms with Crippen molar-refractivity contribution < 1.29 is 23.8 Å². The van der Waals surface area contributed by atoms with Crippen molar-refractivity contribution in [1.29, 1.82) is 0 Å². The van der Waals surface area contributed by atoms with Crippen LogP contribution in [0.2, 0.25) is 5.02 Å². The number of methoxy groups -OCH3 is 1. The molecule has 1 rings (SSSR count). The van der Waals surface area contributed by atoms with Gasteiger partial charge in [0.15, 0.2) is 6.61 Å². The lowest BCUT2D eigenvalue weighted by Crippen LogP contribution is -2.27. The molecule has 0 aliphatic carbocycles. The molecule has 0 aromatic heterocycles.